The maximum absolute atomic E-state index is 14.1. The van der Waals surface area contributed by atoms with Crippen molar-refractivity contribution in [3.8, 4) is 22.6 Å². The molecule has 0 radical (unpaired) electrons. The van der Waals surface area contributed by atoms with Crippen molar-refractivity contribution in [3.63, 3.8) is 0 Å². The second-order valence-corrected chi connectivity index (χ2v) is 12.8. The molecule has 0 bridgehead atoms. The molecule has 2 aromatic carbocycles. The number of aliphatic hydroxyl groups is 1. The number of hydrogen-bond donors (Lipinski definition) is 3. The third kappa shape index (κ3) is 4.40. The van der Waals surface area contributed by atoms with Crippen LogP contribution in [-0.4, -0.2) is 95.0 Å². The number of nitrogens with two attached hydrogens (primary N) is 1. The first-order valence-corrected chi connectivity index (χ1v) is 15.0. The van der Waals surface area contributed by atoms with Gasteiger partial charge < -0.3 is 20.7 Å². The number of ether oxygens (including phenoxy) is 1. The first-order chi connectivity index (χ1) is 20.9. The minimum atomic E-state index is -2.75. The van der Waals surface area contributed by atoms with Crippen LogP contribution in [0.3, 0.4) is 0 Å². The zero-order valence-corrected chi connectivity index (χ0v) is 25.0. The van der Waals surface area contributed by atoms with E-state index in [0.717, 1.165) is 43.6 Å². The smallest absolute Gasteiger partial charge is 0.235 e. The maximum atomic E-state index is 14.1. The van der Waals surface area contributed by atoms with E-state index in [-0.39, 0.29) is 24.2 Å². The number of benzene rings is 2. The van der Waals surface area contributed by atoms with Crippen LogP contribution >= 0.6 is 0 Å². The molecule has 1 saturated heterocycles. The van der Waals surface area contributed by atoms with Gasteiger partial charge in [0.1, 0.15) is 11.5 Å². The van der Waals surface area contributed by atoms with Crippen LogP contribution in [0.15, 0.2) is 30.3 Å². The molecule has 1 amide bonds. The second kappa shape index (κ2) is 10.9. The fourth-order valence-electron chi connectivity index (χ4n) is 8.12. The molecule has 0 aromatic heterocycles. The predicted molar refractivity (Wildman–Crippen MR) is 158 cm³/mol. The molecular formula is C33H37N3O8. The van der Waals surface area contributed by atoms with E-state index in [0.29, 0.717) is 16.9 Å². The molecule has 2 aromatic rings. The number of hydrogen-bond acceptors (Lipinski definition) is 10. The third-order valence-corrected chi connectivity index (χ3v) is 10.1. The Morgan fingerprint density at radius 3 is 2.41 bits per heavy atom. The van der Waals surface area contributed by atoms with Crippen molar-refractivity contribution in [1.82, 2.24) is 9.80 Å². The molecule has 232 valence electrons. The number of carbonyl (C=O) groups is 5. The van der Waals surface area contributed by atoms with E-state index < -0.39 is 64.4 Å². The number of rotatable bonds is 6. The number of carbonyl (C=O) groups excluding carboxylic acids is 5. The summed E-state index contributed by atoms with van der Waals surface area (Å²) in [6, 6.07) is 7.90. The quantitative estimate of drug-likeness (QED) is 0.407. The number of primary amides is 1. The molecule has 3 fully saturated rings. The summed E-state index contributed by atoms with van der Waals surface area (Å²) in [5.41, 5.74) is 5.62. The summed E-state index contributed by atoms with van der Waals surface area (Å²) in [5.74, 6) is -10.1. The van der Waals surface area contributed by atoms with Gasteiger partial charge in [-0.05, 0) is 93.7 Å². The van der Waals surface area contributed by atoms with E-state index in [1.54, 1.807) is 27.3 Å². The fraction of sp³-hybridized carbons (Fsp3) is 0.485. The zero-order valence-electron chi connectivity index (χ0n) is 25.0. The van der Waals surface area contributed by atoms with Crippen molar-refractivity contribution in [2.45, 2.75) is 43.9 Å². The van der Waals surface area contributed by atoms with E-state index >= 15 is 0 Å². The number of ketones is 4. The summed E-state index contributed by atoms with van der Waals surface area (Å²) in [6.07, 6.45) is 2.48. The Balaban J connectivity index is 1.45. The zero-order chi connectivity index (χ0) is 31.7. The highest BCUT2D eigenvalue weighted by atomic mass is 16.5. The van der Waals surface area contributed by atoms with Gasteiger partial charge in [0.2, 0.25) is 5.91 Å². The molecular weight excluding hydrogens is 566 g/mol. The molecule has 1 aliphatic heterocycles. The number of amides is 1. The van der Waals surface area contributed by atoms with Gasteiger partial charge in [-0.3, -0.25) is 33.8 Å². The largest absolute Gasteiger partial charge is 0.507 e. The second-order valence-electron chi connectivity index (χ2n) is 12.8. The Morgan fingerprint density at radius 2 is 1.77 bits per heavy atom. The van der Waals surface area contributed by atoms with Crippen molar-refractivity contribution in [1.29, 1.82) is 0 Å². The molecule has 11 nitrogen and oxygen atoms in total. The topological polar surface area (TPSA) is 168 Å². The number of methoxy groups -OCH3 is 1. The van der Waals surface area contributed by atoms with Crippen LogP contribution in [0, 0.1) is 23.7 Å². The molecule has 1 heterocycles. The van der Waals surface area contributed by atoms with E-state index in [9.17, 15) is 34.2 Å². The van der Waals surface area contributed by atoms with Gasteiger partial charge in [0.05, 0.1) is 24.6 Å². The summed E-state index contributed by atoms with van der Waals surface area (Å²) >= 11 is 0. The minimum Gasteiger partial charge on any atom is -0.507 e. The van der Waals surface area contributed by atoms with Crippen LogP contribution in [0.1, 0.15) is 40.7 Å². The monoisotopic (exact) mass is 603 g/mol. The Kier molecular flexibility index (Phi) is 7.46. The highest BCUT2D eigenvalue weighted by Crippen LogP contribution is 2.52. The first-order valence-electron chi connectivity index (χ1n) is 15.0. The van der Waals surface area contributed by atoms with Gasteiger partial charge in [0.25, 0.3) is 0 Å². The van der Waals surface area contributed by atoms with Gasteiger partial charge in [-0.15, -0.1) is 0 Å². The average molecular weight is 604 g/mol. The molecule has 3 unspecified atom stereocenters. The lowest BCUT2D eigenvalue weighted by Crippen LogP contribution is -2.74. The van der Waals surface area contributed by atoms with E-state index in [2.05, 4.69) is 4.90 Å². The highest BCUT2D eigenvalue weighted by Gasteiger charge is 2.69. The summed E-state index contributed by atoms with van der Waals surface area (Å²) in [7, 11) is 4.68. The van der Waals surface area contributed by atoms with Crippen molar-refractivity contribution < 1.29 is 38.9 Å². The van der Waals surface area contributed by atoms with Crippen LogP contribution in [0.2, 0.25) is 0 Å². The van der Waals surface area contributed by atoms with Gasteiger partial charge in [-0.2, -0.15) is 0 Å². The fourth-order valence-corrected chi connectivity index (χ4v) is 8.12. The number of fused-ring (bicyclic) bond motifs is 3. The van der Waals surface area contributed by atoms with E-state index in [1.807, 2.05) is 18.2 Å². The van der Waals surface area contributed by atoms with Gasteiger partial charge in [-0.25, -0.2) is 0 Å². The summed E-state index contributed by atoms with van der Waals surface area (Å²) in [6.45, 7) is 2.80. The highest BCUT2D eigenvalue weighted by molar-refractivity contribution is 6.32. The molecule has 4 N–H and O–H groups in total. The lowest BCUT2D eigenvalue weighted by Gasteiger charge is -2.52. The number of nitrogens with zero attached hydrogens (tertiary/aromatic N) is 2. The number of phenolic OH excluding ortho intramolecular Hbond substituents is 1. The Bertz CT molecular complexity index is 1600. The van der Waals surface area contributed by atoms with E-state index in [4.69, 9.17) is 10.5 Å². The number of likely N-dealkylation sites (N-methyl/N-ethyl adjacent to an activating group) is 1. The molecule has 3 aliphatic carbocycles. The van der Waals surface area contributed by atoms with Crippen LogP contribution in [0.25, 0.3) is 11.1 Å². The molecule has 11 heteroatoms. The first kappa shape index (κ1) is 30.1. The van der Waals surface area contributed by atoms with Crippen LogP contribution in [-0.2, 0) is 32.1 Å². The summed E-state index contributed by atoms with van der Waals surface area (Å²) in [4.78, 5) is 71.1. The number of likely N-dealkylation sites (tertiary alicyclic amines) is 1. The number of aromatic hydroxyl groups is 1. The van der Waals surface area contributed by atoms with Crippen molar-refractivity contribution in [2.75, 3.05) is 34.3 Å². The normalized spacial score (nSPS) is 30.2. The SMILES string of the molecule is COc1ccc(CN2CCCC2)cc1-c1ccc(O)c2c1C[C@@H]1C[C@@H]3C(N(C)C)C(=O)C(C(N)=O)C(=O)[C@]3(O)C(=O)C1C2=O. The van der Waals surface area contributed by atoms with Gasteiger partial charge in [-0.1, -0.05) is 12.1 Å². The lowest BCUT2D eigenvalue weighted by atomic mass is 9.52. The summed E-state index contributed by atoms with van der Waals surface area (Å²) in [5, 5.41) is 22.7. The third-order valence-electron chi connectivity index (χ3n) is 10.1. The maximum Gasteiger partial charge on any atom is 0.235 e. The standard InChI is InChI=1S/C33H37N3O8/c1-35(2)27-21-14-17-13-20-18(19-12-16(6-9-23(19)44-3)15-36-10-4-5-11-36)7-8-22(37)25(20)28(38)24(17)30(40)33(21,43)31(41)26(29(27)39)32(34)42/h6-9,12,17,21,24,26-27,37,43H,4-5,10-11,13-15H2,1-3H3,(H2,34,42)/t17-,21-,24?,26?,27?,33-/m1/s1. The van der Waals surface area contributed by atoms with Crippen molar-refractivity contribution in [3.05, 3.63) is 47.0 Å². The van der Waals surface area contributed by atoms with Gasteiger partial charge in [0.15, 0.2) is 34.7 Å². The van der Waals surface area contributed by atoms with Crippen LogP contribution in [0.5, 0.6) is 11.5 Å². The lowest BCUT2D eigenvalue weighted by molar-refractivity contribution is -0.181. The molecule has 6 atom stereocenters. The molecule has 44 heavy (non-hydrogen) atoms. The van der Waals surface area contributed by atoms with Gasteiger partial charge >= 0.3 is 0 Å². The molecule has 4 aliphatic rings. The minimum absolute atomic E-state index is 0.00880. The molecule has 0 spiro atoms. The van der Waals surface area contributed by atoms with Crippen LogP contribution < -0.4 is 10.5 Å². The predicted octanol–water partition coefficient (Wildman–Crippen LogP) is 1.14. The molecule has 6 rings (SSSR count). The number of phenols is 1. The molecule has 2 saturated carbocycles. The Hall–Kier alpha value is -3.93. The van der Waals surface area contributed by atoms with Gasteiger partial charge in [0, 0.05) is 18.0 Å². The van der Waals surface area contributed by atoms with Crippen molar-refractivity contribution in [2.24, 2.45) is 29.4 Å². The van der Waals surface area contributed by atoms with E-state index in [1.165, 1.54) is 11.0 Å². The Morgan fingerprint density at radius 1 is 1.07 bits per heavy atom. The summed E-state index contributed by atoms with van der Waals surface area (Å²) < 4.78 is 5.71. The number of Topliss-reactive ketones (excluding diaryl/α,β-unsaturated/α-hetero) is 4. The Labute approximate surface area is 254 Å². The van der Waals surface area contributed by atoms with Crippen molar-refractivity contribution >= 4 is 29.0 Å². The van der Waals surface area contributed by atoms with Crippen LogP contribution in [0.4, 0.5) is 0 Å². The average Bonchev–Trinajstić information content (AvgIpc) is 3.48.